The fourth-order valence-corrected chi connectivity index (χ4v) is 16.8. The molecule has 1 aromatic heterocycles. The minimum atomic E-state index is -4.29. The van der Waals surface area contributed by atoms with Crippen LogP contribution in [0, 0.1) is 5.16 Å². The standard InChI is InChI=1S/C80H50N2O4P2/c81-88(85-79-71(63-39-35-51-19-3-7-23-55(51)43-63)47-59-27-11-15-31-67(59)75(79)76-68-32-16-12-28-60(68)48-72(80(76)86-88)64-40-36-52-20-4-8-24-56(52)44-64)82-87-83-77-69(61-37-33-49-17-1-5-21-53(49)41-61)45-57-25-9-13-29-65(57)73(77)74-66-30-14-10-26-58(66)46-70(78(74)84-87)62-38-34-50-18-2-6-22-54(50)42-62/h1-48H,(H2,81,82). The maximum atomic E-state index is 11.4. The van der Waals surface area contributed by atoms with Crippen LogP contribution in [0.4, 0.5) is 0 Å². The molecule has 0 bridgehead atoms. The predicted octanol–water partition coefficient (Wildman–Crippen LogP) is 24.4. The van der Waals surface area contributed by atoms with E-state index in [-0.39, 0.29) is 0 Å². The Balaban J connectivity index is 0.979. The molecular weight excluding hydrogens is 1110 g/mol. The Morgan fingerprint density at radius 1 is 0.273 bits per heavy atom. The summed E-state index contributed by atoms with van der Waals surface area (Å²) >= 11 is 0. The summed E-state index contributed by atoms with van der Waals surface area (Å²) in [6.45, 7) is 0. The van der Waals surface area contributed by atoms with Crippen LogP contribution in [-0.4, -0.2) is 0 Å². The number of fused-ring (bicyclic) bond motifs is 18. The molecule has 16 aromatic carbocycles. The lowest BCUT2D eigenvalue weighted by Crippen LogP contribution is -2.07. The first-order chi connectivity index (χ1) is 43.4. The van der Waals surface area contributed by atoms with Crippen molar-refractivity contribution >= 4 is 124 Å². The molecule has 0 amide bonds. The summed E-state index contributed by atoms with van der Waals surface area (Å²) in [5, 5.41) is 30.2. The molecular formula is C80H50N2O4P2. The maximum Gasteiger partial charge on any atom is 0.403 e. The number of hydrogen-bond acceptors (Lipinski definition) is 5. The van der Waals surface area contributed by atoms with E-state index >= 15 is 0 Å². The van der Waals surface area contributed by atoms with E-state index in [0.717, 1.165) is 153 Å². The maximum absolute atomic E-state index is 11.4. The van der Waals surface area contributed by atoms with Crippen LogP contribution in [0.5, 0.6) is 11.5 Å². The van der Waals surface area contributed by atoms with Crippen molar-refractivity contribution in [3.8, 4) is 67.1 Å². The number of benzene rings is 16. The monoisotopic (exact) mass is 1160 g/mol. The third-order valence-electron chi connectivity index (χ3n) is 17.7. The molecule has 6 nitrogen and oxygen atoms in total. The topological polar surface area (TPSA) is 80.6 Å². The van der Waals surface area contributed by atoms with Crippen molar-refractivity contribution in [3.63, 3.8) is 0 Å². The molecule has 17 aromatic rings. The van der Waals surface area contributed by atoms with E-state index in [4.69, 9.17) is 17.4 Å². The van der Waals surface area contributed by atoms with E-state index in [2.05, 4.69) is 296 Å². The summed E-state index contributed by atoms with van der Waals surface area (Å²) in [6, 6.07) is 103. The molecule has 0 spiro atoms. The van der Waals surface area contributed by atoms with Crippen molar-refractivity contribution < 1.29 is 17.4 Å². The van der Waals surface area contributed by atoms with Gasteiger partial charge in [-0.05, 0) is 157 Å². The molecule has 2 heterocycles. The van der Waals surface area contributed by atoms with Gasteiger partial charge in [-0.2, -0.15) is 0 Å². The first-order valence-corrected chi connectivity index (χ1v) is 32.4. The van der Waals surface area contributed by atoms with E-state index < -0.39 is 15.8 Å². The summed E-state index contributed by atoms with van der Waals surface area (Å²) in [5.74, 6) is 1.06. The van der Waals surface area contributed by atoms with Gasteiger partial charge in [0.05, 0.1) is 0 Å². The molecule has 1 aliphatic heterocycles. The molecule has 0 radical (unpaired) electrons. The summed E-state index contributed by atoms with van der Waals surface area (Å²) < 4.78 is 31.0. The zero-order chi connectivity index (χ0) is 58.0. The zero-order valence-electron chi connectivity index (χ0n) is 47.2. The van der Waals surface area contributed by atoms with E-state index in [9.17, 15) is 5.16 Å². The van der Waals surface area contributed by atoms with Gasteiger partial charge in [0.25, 0.3) is 0 Å². The average molecular weight is 1170 g/mol. The van der Waals surface area contributed by atoms with Crippen molar-refractivity contribution in [1.82, 2.24) is 0 Å². The van der Waals surface area contributed by atoms with Crippen molar-refractivity contribution in [3.05, 3.63) is 291 Å². The molecule has 1 aliphatic rings. The summed E-state index contributed by atoms with van der Waals surface area (Å²) in [4.78, 5) is 3.76. The molecule has 0 aliphatic carbocycles. The number of hydrogen-bond donors (Lipinski definition) is 2. The Kier molecular flexibility index (Phi) is 11.5. The Labute approximate surface area is 506 Å². The molecule has 0 fully saturated rings. The Morgan fingerprint density at radius 2 is 0.545 bits per heavy atom. The quantitative estimate of drug-likeness (QED) is 0.162. The van der Waals surface area contributed by atoms with Crippen LogP contribution >= 0.6 is 15.8 Å². The van der Waals surface area contributed by atoms with Gasteiger partial charge in [-0.25, -0.2) is 5.16 Å². The van der Waals surface area contributed by atoms with Gasteiger partial charge >= 0.3 is 15.8 Å². The molecule has 18 rings (SSSR count). The van der Waals surface area contributed by atoms with E-state index in [1.807, 2.05) is 0 Å². The van der Waals surface area contributed by atoms with Gasteiger partial charge in [0, 0.05) is 44.2 Å². The van der Waals surface area contributed by atoms with Crippen molar-refractivity contribution in [1.29, 1.82) is 5.16 Å². The second-order valence-electron chi connectivity index (χ2n) is 22.9. The zero-order valence-corrected chi connectivity index (χ0v) is 49.0. The number of nitrogens with one attached hydrogen (secondary N) is 2. The minimum absolute atomic E-state index is 0.528. The third kappa shape index (κ3) is 8.26. The van der Waals surface area contributed by atoms with Gasteiger partial charge in [-0.1, -0.05) is 243 Å². The van der Waals surface area contributed by atoms with Crippen LogP contribution < -0.4 is 13.9 Å². The highest BCUT2D eigenvalue weighted by molar-refractivity contribution is 7.68. The lowest BCUT2D eigenvalue weighted by molar-refractivity contribution is 0.489. The smallest absolute Gasteiger partial charge is 0.403 e. The molecule has 0 saturated carbocycles. The highest BCUT2D eigenvalue weighted by atomic mass is 31.2. The van der Waals surface area contributed by atoms with Gasteiger partial charge in [-0.3, -0.25) is 0 Å². The summed E-state index contributed by atoms with van der Waals surface area (Å²) in [7, 11) is -6.70. The highest BCUT2D eigenvalue weighted by Crippen LogP contribution is 2.65. The van der Waals surface area contributed by atoms with E-state index in [0.29, 0.717) is 22.7 Å². The average Bonchev–Trinajstić information content (AvgIpc) is 1.57. The molecule has 0 saturated heterocycles. The SMILES string of the molecule is N=P1(Np2oc3c(-c4ccc5ccccc5c4)cc4ccccc4c3c3c(o2)c(-c2ccc4ccccc4c2)cc2ccccc23)Oc2c(-c3ccc4ccccc4c3)cc3ccccc3c2-c2c(c(-c3ccc4ccccc4c3)cc3ccccc23)O1. The molecule has 0 atom stereocenters. The van der Waals surface area contributed by atoms with Gasteiger partial charge in [0.15, 0.2) is 11.2 Å². The fourth-order valence-electron chi connectivity index (χ4n) is 13.6. The van der Waals surface area contributed by atoms with Crippen LogP contribution in [0.1, 0.15) is 0 Å². The van der Waals surface area contributed by atoms with Crippen molar-refractivity contribution in [2.24, 2.45) is 0 Å². The van der Waals surface area contributed by atoms with Crippen LogP contribution in [0.2, 0.25) is 0 Å². The van der Waals surface area contributed by atoms with Crippen LogP contribution in [0.15, 0.2) is 300 Å². The van der Waals surface area contributed by atoms with E-state index in [1.54, 1.807) is 0 Å². The Bertz CT molecular complexity index is 5580. The molecule has 414 valence electrons. The van der Waals surface area contributed by atoms with Gasteiger partial charge in [0.1, 0.15) is 11.5 Å². The summed E-state index contributed by atoms with van der Waals surface area (Å²) in [5.41, 5.74) is 10.2. The first-order valence-electron chi connectivity index (χ1n) is 29.6. The number of rotatable bonds is 6. The van der Waals surface area contributed by atoms with E-state index in [1.165, 1.54) is 0 Å². The van der Waals surface area contributed by atoms with Crippen molar-refractivity contribution in [2.75, 3.05) is 4.86 Å². The minimum Gasteiger partial charge on any atom is -0.417 e. The lowest BCUT2D eigenvalue weighted by Gasteiger charge is -2.23. The van der Waals surface area contributed by atoms with Crippen LogP contribution in [-0.2, 0) is 0 Å². The van der Waals surface area contributed by atoms with Gasteiger partial charge in [0.2, 0.25) is 0 Å². The van der Waals surface area contributed by atoms with Crippen LogP contribution in [0.25, 0.3) is 164 Å². The normalized spacial score (nSPS) is 12.9. The Hall–Kier alpha value is -10.7. The van der Waals surface area contributed by atoms with Crippen LogP contribution in [0.3, 0.4) is 0 Å². The van der Waals surface area contributed by atoms with Gasteiger partial charge in [-0.15, -0.1) is 4.86 Å². The molecule has 8 heteroatoms. The fraction of sp³-hybridized carbons (Fsp3) is 0. The second kappa shape index (κ2) is 19.9. The molecule has 88 heavy (non-hydrogen) atoms. The lowest BCUT2D eigenvalue weighted by atomic mass is 9.86. The van der Waals surface area contributed by atoms with Crippen molar-refractivity contribution in [2.45, 2.75) is 0 Å². The molecule has 2 N–H and O–H groups in total. The van der Waals surface area contributed by atoms with Gasteiger partial charge < -0.3 is 17.4 Å². The highest BCUT2D eigenvalue weighted by Gasteiger charge is 2.38. The first kappa shape index (κ1) is 50.6. The Morgan fingerprint density at radius 3 is 0.898 bits per heavy atom. The third-order valence-corrected chi connectivity index (χ3v) is 21.0. The second-order valence-corrected chi connectivity index (χ2v) is 26.1. The summed E-state index contributed by atoms with van der Waals surface area (Å²) in [6.07, 6.45) is 0. The molecule has 0 unspecified atom stereocenters. The largest absolute Gasteiger partial charge is 0.417 e. The predicted molar refractivity (Wildman–Crippen MR) is 370 cm³/mol.